The van der Waals surface area contributed by atoms with Crippen molar-refractivity contribution in [3.63, 3.8) is 0 Å². The molecule has 5 rings (SSSR count). The van der Waals surface area contributed by atoms with Crippen molar-refractivity contribution in [2.45, 2.75) is 72.6 Å². The van der Waals surface area contributed by atoms with Gasteiger partial charge in [-0.15, -0.1) is 0 Å². The van der Waals surface area contributed by atoms with Crippen LogP contribution in [-0.2, 0) is 15.6 Å². The number of ether oxygens (including phenoxy) is 2. The van der Waals surface area contributed by atoms with Crippen molar-refractivity contribution in [1.29, 1.82) is 0 Å². The highest BCUT2D eigenvalue weighted by Crippen LogP contribution is 2.34. The summed E-state index contributed by atoms with van der Waals surface area (Å²) in [6.07, 6.45) is 0.806. The van der Waals surface area contributed by atoms with Gasteiger partial charge in [0.25, 0.3) is 0 Å². The maximum Gasteiger partial charge on any atom is 0.341 e. The molecule has 0 saturated carbocycles. The minimum Gasteiger partial charge on any atom is -0.489 e. The molecule has 258 valence electrons. The fourth-order valence-corrected chi connectivity index (χ4v) is 6.09. The lowest BCUT2D eigenvalue weighted by Crippen LogP contribution is -2.10. The summed E-state index contributed by atoms with van der Waals surface area (Å²) in [6, 6.07) is 41.0. The number of carboxylic acids is 1. The number of carboxylic acid groups (broad SMARTS) is 1. The number of hydrogen-bond acceptors (Lipinski definition) is 3. The Morgan fingerprint density at radius 2 is 1.00 bits per heavy atom. The zero-order valence-corrected chi connectivity index (χ0v) is 30.8. The van der Waals surface area contributed by atoms with E-state index in [-0.39, 0.29) is 17.4 Å². The Bertz CT molecular complexity index is 1830. The summed E-state index contributed by atoms with van der Waals surface area (Å²) in [7, 11) is 0. The molecule has 50 heavy (non-hydrogen) atoms. The highest BCUT2D eigenvalue weighted by atomic mass is 16.5. The van der Waals surface area contributed by atoms with Gasteiger partial charge in [0, 0.05) is 0 Å². The van der Waals surface area contributed by atoms with E-state index in [0.29, 0.717) is 18.1 Å². The van der Waals surface area contributed by atoms with Crippen molar-refractivity contribution in [2.75, 3.05) is 13.2 Å². The van der Waals surface area contributed by atoms with Crippen LogP contribution in [0.3, 0.4) is 0 Å². The molecule has 5 aromatic rings. The van der Waals surface area contributed by atoms with E-state index in [1.807, 2.05) is 19.1 Å². The van der Waals surface area contributed by atoms with Gasteiger partial charge in [0.2, 0.25) is 0 Å². The van der Waals surface area contributed by atoms with Crippen molar-refractivity contribution in [3.05, 3.63) is 149 Å². The van der Waals surface area contributed by atoms with Crippen LogP contribution in [0, 0.1) is 6.92 Å². The van der Waals surface area contributed by atoms with E-state index in [1.54, 1.807) is 6.07 Å². The van der Waals surface area contributed by atoms with Crippen molar-refractivity contribution in [1.82, 2.24) is 0 Å². The summed E-state index contributed by atoms with van der Waals surface area (Å²) in [5.74, 6) is 0.236. The minimum absolute atomic E-state index is 0.112. The van der Waals surface area contributed by atoms with Gasteiger partial charge >= 0.3 is 5.97 Å². The lowest BCUT2D eigenvalue weighted by molar-refractivity contribution is -0.139. The molecule has 0 aliphatic rings. The number of aryl methyl sites for hydroxylation is 1. The Hall–Kier alpha value is -5.09. The molecule has 5 aromatic carbocycles. The van der Waals surface area contributed by atoms with Crippen LogP contribution in [0.1, 0.15) is 82.7 Å². The van der Waals surface area contributed by atoms with Gasteiger partial charge in [-0.25, -0.2) is 4.79 Å². The Balaban J connectivity index is 1.48. The summed E-state index contributed by atoms with van der Waals surface area (Å²) in [5.41, 5.74) is 13.1. The molecular formula is C46H50O4. The standard InChI is InChI=1S/C46H50O4/c1-9-32(29-49-41-26-27-42(31(2)28-41)50-30-43(47)48)44(37-14-10-33(11-15-37)35-18-22-39(23-19-35)45(3,4)5)38-16-12-34(13-17-38)36-20-24-40(25-21-36)46(6,7)8/h10-28H,9,29-30H2,1-8H3,(H,47,48). The Morgan fingerprint density at radius 3 is 1.36 bits per heavy atom. The van der Waals surface area contributed by atoms with Crippen molar-refractivity contribution < 1.29 is 19.4 Å². The summed E-state index contributed by atoms with van der Waals surface area (Å²) < 4.78 is 11.8. The summed E-state index contributed by atoms with van der Waals surface area (Å²) in [5, 5.41) is 9.00. The van der Waals surface area contributed by atoms with Crippen LogP contribution in [0.25, 0.3) is 27.8 Å². The van der Waals surface area contributed by atoms with Gasteiger partial charge < -0.3 is 14.6 Å². The summed E-state index contributed by atoms with van der Waals surface area (Å²) in [6.45, 7) is 17.5. The number of benzene rings is 5. The molecule has 0 atom stereocenters. The van der Waals surface area contributed by atoms with Crippen LogP contribution >= 0.6 is 0 Å². The molecule has 0 amide bonds. The fourth-order valence-electron chi connectivity index (χ4n) is 6.09. The highest BCUT2D eigenvalue weighted by molar-refractivity contribution is 5.84. The van der Waals surface area contributed by atoms with Gasteiger partial charge in [-0.3, -0.25) is 0 Å². The Labute approximate surface area is 298 Å². The van der Waals surface area contributed by atoms with Crippen LogP contribution in [0.5, 0.6) is 11.5 Å². The quantitative estimate of drug-likeness (QED) is 0.152. The lowest BCUT2D eigenvalue weighted by atomic mass is 9.85. The van der Waals surface area contributed by atoms with Crippen LogP contribution in [0.4, 0.5) is 0 Å². The monoisotopic (exact) mass is 666 g/mol. The molecule has 0 fully saturated rings. The molecule has 0 unspecified atom stereocenters. The third kappa shape index (κ3) is 8.92. The van der Waals surface area contributed by atoms with Gasteiger partial charge in [0.15, 0.2) is 6.61 Å². The lowest BCUT2D eigenvalue weighted by Gasteiger charge is -2.20. The molecule has 1 N–H and O–H groups in total. The number of carbonyl (C=O) groups is 1. The first kappa shape index (κ1) is 36.2. The summed E-state index contributed by atoms with van der Waals surface area (Å²) >= 11 is 0. The topological polar surface area (TPSA) is 55.8 Å². The predicted molar refractivity (Wildman–Crippen MR) is 207 cm³/mol. The molecule has 0 aliphatic heterocycles. The zero-order valence-electron chi connectivity index (χ0n) is 30.8. The SMILES string of the molecule is CCC(COc1ccc(OCC(=O)O)c(C)c1)=C(c1ccc(-c2ccc(C(C)(C)C)cc2)cc1)c1ccc(-c2ccc(C(C)(C)C)cc2)cc1. The first-order valence-electron chi connectivity index (χ1n) is 17.5. The second-order valence-electron chi connectivity index (χ2n) is 15.0. The van der Waals surface area contributed by atoms with E-state index in [0.717, 1.165) is 28.7 Å². The van der Waals surface area contributed by atoms with E-state index in [1.165, 1.54) is 39.0 Å². The second kappa shape index (κ2) is 15.2. The molecule has 4 nitrogen and oxygen atoms in total. The zero-order chi connectivity index (χ0) is 36.1. The average molecular weight is 667 g/mol. The molecule has 0 heterocycles. The van der Waals surface area contributed by atoms with E-state index in [2.05, 4.69) is 146 Å². The van der Waals surface area contributed by atoms with Crippen LogP contribution < -0.4 is 9.47 Å². The largest absolute Gasteiger partial charge is 0.489 e. The molecule has 0 bridgehead atoms. The molecule has 4 heteroatoms. The van der Waals surface area contributed by atoms with E-state index in [9.17, 15) is 4.79 Å². The van der Waals surface area contributed by atoms with Gasteiger partial charge in [0.05, 0.1) is 0 Å². The smallest absolute Gasteiger partial charge is 0.341 e. The van der Waals surface area contributed by atoms with Gasteiger partial charge in [0.1, 0.15) is 18.1 Å². The van der Waals surface area contributed by atoms with E-state index >= 15 is 0 Å². The first-order chi connectivity index (χ1) is 23.7. The molecule has 0 aromatic heterocycles. The Morgan fingerprint density at radius 1 is 0.580 bits per heavy atom. The molecular weight excluding hydrogens is 617 g/mol. The number of aliphatic carboxylic acids is 1. The van der Waals surface area contributed by atoms with E-state index in [4.69, 9.17) is 14.6 Å². The van der Waals surface area contributed by atoms with Crippen LogP contribution in [0.15, 0.2) is 121 Å². The molecule has 0 aliphatic carbocycles. The molecule has 0 spiro atoms. The predicted octanol–water partition coefficient (Wildman–Crippen LogP) is 11.7. The van der Waals surface area contributed by atoms with Crippen molar-refractivity contribution in [3.8, 4) is 33.8 Å². The normalized spacial score (nSPS) is 11.6. The molecule has 0 saturated heterocycles. The maximum absolute atomic E-state index is 11.0. The minimum atomic E-state index is -1.01. The van der Waals surface area contributed by atoms with Gasteiger partial charge in [-0.2, -0.15) is 0 Å². The van der Waals surface area contributed by atoms with Crippen molar-refractivity contribution >= 4 is 11.5 Å². The summed E-state index contributed by atoms with van der Waals surface area (Å²) in [4.78, 5) is 11.0. The average Bonchev–Trinajstić information content (AvgIpc) is 3.09. The number of hydrogen-bond donors (Lipinski definition) is 1. The first-order valence-corrected chi connectivity index (χ1v) is 17.5. The second-order valence-corrected chi connectivity index (χ2v) is 15.0. The van der Waals surface area contributed by atoms with E-state index < -0.39 is 5.97 Å². The molecule has 0 radical (unpaired) electrons. The fraction of sp³-hybridized carbons (Fsp3) is 0.283. The van der Waals surface area contributed by atoms with Crippen molar-refractivity contribution in [2.24, 2.45) is 0 Å². The van der Waals surface area contributed by atoms with Gasteiger partial charge in [-0.1, -0.05) is 146 Å². The third-order valence-corrected chi connectivity index (χ3v) is 9.21. The Kier molecular flexibility index (Phi) is 11.0. The maximum atomic E-state index is 11.0. The van der Waals surface area contributed by atoms with Gasteiger partial charge in [-0.05, 0) is 104 Å². The number of rotatable bonds is 11. The third-order valence-electron chi connectivity index (χ3n) is 9.21. The van der Waals surface area contributed by atoms with Crippen LogP contribution in [0.2, 0.25) is 0 Å². The van der Waals surface area contributed by atoms with Crippen LogP contribution in [-0.4, -0.2) is 24.3 Å². The highest BCUT2D eigenvalue weighted by Gasteiger charge is 2.17.